The second kappa shape index (κ2) is 6.16. The molecule has 4 nitrogen and oxygen atoms in total. The molecule has 1 N–H and O–H groups in total. The average Bonchev–Trinajstić information content (AvgIpc) is 2.88. The molecule has 4 heteroatoms. The Morgan fingerprint density at radius 1 is 1.50 bits per heavy atom. The monoisotopic (exact) mass is 250 g/mol. The van der Waals surface area contributed by atoms with Gasteiger partial charge in [-0.25, -0.2) is 4.98 Å². The Bertz CT molecular complexity index is 389. The first kappa shape index (κ1) is 13.3. The Hall–Kier alpha value is -1.13. The Morgan fingerprint density at radius 3 is 2.89 bits per heavy atom. The van der Waals surface area contributed by atoms with Gasteiger partial charge >= 0.3 is 0 Å². The number of hydrogen-bond acceptors (Lipinski definition) is 4. The predicted octanol–water partition coefficient (Wildman–Crippen LogP) is 1.89. The second-order valence-electron chi connectivity index (χ2n) is 4.75. The van der Waals surface area contributed by atoms with E-state index in [4.69, 9.17) is 9.84 Å². The molecule has 1 atom stereocenters. The van der Waals surface area contributed by atoms with Crippen LogP contribution in [0.1, 0.15) is 31.0 Å². The summed E-state index contributed by atoms with van der Waals surface area (Å²) < 4.78 is 5.67. The molecule has 0 saturated carbocycles. The fourth-order valence-electron chi connectivity index (χ4n) is 2.34. The van der Waals surface area contributed by atoms with Gasteiger partial charge in [-0.05, 0) is 38.3 Å². The zero-order valence-corrected chi connectivity index (χ0v) is 11.2. The van der Waals surface area contributed by atoms with E-state index in [9.17, 15) is 0 Å². The van der Waals surface area contributed by atoms with Crippen LogP contribution in [0.2, 0.25) is 0 Å². The number of aliphatic hydroxyl groups excluding tert-OH is 1. The van der Waals surface area contributed by atoms with E-state index in [0.717, 1.165) is 49.6 Å². The maximum absolute atomic E-state index is 9.16. The van der Waals surface area contributed by atoms with Crippen LogP contribution in [0.5, 0.6) is 0 Å². The minimum atomic E-state index is 0.0526. The lowest BCUT2D eigenvalue weighted by atomic mass is 10.2. The summed E-state index contributed by atoms with van der Waals surface area (Å²) in [6.45, 7) is 6.84. The van der Waals surface area contributed by atoms with Crippen LogP contribution in [-0.4, -0.2) is 35.9 Å². The van der Waals surface area contributed by atoms with Gasteiger partial charge in [0, 0.05) is 25.4 Å². The van der Waals surface area contributed by atoms with Gasteiger partial charge in [0.15, 0.2) is 0 Å². The van der Waals surface area contributed by atoms with Gasteiger partial charge in [-0.3, -0.25) is 0 Å². The molecule has 0 radical (unpaired) electrons. The molecule has 1 saturated heterocycles. The second-order valence-corrected chi connectivity index (χ2v) is 4.75. The van der Waals surface area contributed by atoms with E-state index in [1.807, 2.05) is 19.1 Å². The molecule has 0 aliphatic carbocycles. The topological polar surface area (TPSA) is 45.6 Å². The van der Waals surface area contributed by atoms with Crippen LogP contribution in [0.15, 0.2) is 12.1 Å². The van der Waals surface area contributed by atoms with Crippen LogP contribution in [-0.2, 0) is 11.3 Å². The van der Waals surface area contributed by atoms with E-state index < -0.39 is 0 Å². The molecule has 0 aromatic carbocycles. The van der Waals surface area contributed by atoms with Crippen LogP contribution in [0.4, 0.5) is 5.82 Å². The number of hydrogen-bond donors (Lipinski definition) is 1. The molecular weight excluding hydrogens is 228 g/mol. The molecule has 1 unspecified atom stereocenters. The smallest absolute Gasteiger partial charge is 0.128 e. The third-order valence-corrected chi connectivity index (χ3v) is 3.50. The first-order chi connectivity index (χ1) is 8.74. The van der Waals surface area contributed by atoms with E-state index in [0.29, 0.717) is 6.10 Å². The highest BCUT2D eigenvalue weighted by Crippen LogP contribution is 2.19. The largest absolute Gasteiger partial charge is 0.392 e. The van der Waals surface area contributed by atoms with Crippen molar-refractivity contribution in [3.63, 3.8) is 0 Å². The van der Waals surface area contributed by atoms with Gasteiger partial charge in [0.2, 0.25) is 0 Å². The SMILES string of the molecule is CCN(CC1CCCO1)c1ccc(CO)c(C)n1. The lowest BCUT2D eigenvalue weighted by Gasteiger charge is -2.25. The molecule has 1 aromatic heterocycles. The number of ether oxygens (including phenoxy) is 1. The van der Waals surface area contributed by atoms with E-state index in [-0.39, 0.29) is 6.61 Å². The number of likely N-dealkylation sites (N-methyl/N-ethyl adjacent to an activating group) is 1. The third kappa shape index (κ3) is 3.00. The minimum absolute atomic E-state index is 0.0526. The molecule has 100 valence electrons. The standard InChI is InChI=1S/C14H22N2O2/c1-3-16(9-13-5-4-8-18-13)14-7-6-12(10-17)11(2)15-14/h6-7,13,17H,3-5,8-10H2,1-2H3. The molecule has 1 fully saturated rings. The van der Waals surface area contributed by atoms with Crippen LogP contribution in [0.3, 0.4) is 0 Å². The normalized spacial score (nSPS) is 19.2. The van der Waals surface area contributed by atoms with Crippen molar-refractivity contribution >= 4 is 5.82 Å². The highest BCUT2D eigenvalue weighted by Gasteiger charge is 2.19. The lowest BCUT2D eigenvalue weighted by molar-refractivity contribution is 0.115. The molecule has 0 bridgehead atoms. The lowest BCUT2D eigenvalue weighted by Crippen LogP contribution is -2.32. The van der Waals surface area contributed by atoms with Crippen molar-refractivity contribution < 1.29 is 9.84 Å². The number of aliphatic hydroxyl groups is 1. The van der Waals surface area contributed by atoms with Crippen LogP contribution in [0.25, 0.3) is 0 Å². The van der Waals surface area contributed by atoms with E-state index in [1.54, 1.807) is 0 Å². The maximum Gasteiger partial charge on any atom is 0.128 e. The molecule has 2 rings (SSSR count). The van der Waals surface area contributed by atoms with Crippen LogP contribution in [0, 0.1) is 6.92 Å². The van der Waals surface area contributed by atoms with Gasteiger partial charge in [-0.2, -0.15) is 0 Å². The molecular formula is C14H22N2O2. The van der Waals surface area contributed by atoms with Crippen molar-refractivity contribution in [2.45, 2.75) is 39.4 Å². The maximum atomic E-state index is 9.16. The Balaban J connectivity index is 2.08. The highest BCUT2D eigenvalue weighted by atomic mass is 16.5. The number of aromatic nitrogens is 1. The van der Waals surface area contributed by atoms with Gasteiger partial charge in [0.05, 0.1) is 12.7 Å². The quantitative estimate of drug-likeness (QED) is 0.867. The van der Waals surface area contributed by atoms with Gasteiger partial charge in [0.25, 0.3) is 0 Å². The molecule has 0 amide bonds. The third-order valence-electron chi connectivity index (χ3n) is 3.50. The van der Waals surface area contributed by atoms with Crippen LogP contribution >= 0.6 is 0 Å². The molecule has 1 aliphatic rings. The van der Waals surface area contributed by atoms with Crippen molar-refractivity contribution in [1.82, 2.24) is 4.98 Å². The summed E-state index contributed by atoms with van der Waals surface area (Å²) in [5.74, 6) is 0.975. The van der Waals surface area contributed by atoms with Crippen molar-refractivity contribution in [3.8, 4) is 0 Å². The summed E-state index contributed by atoms with van der Waals surface area (Å²) in [6.07, 6.45) is 2.65. The van der Waals surface area contributed by atoms with Crippen molar-refractivity contribution in [3.05, 3.63) is 23.4 Å². The number of aryl methyl sites for hydroxylation is 1. The Kier molecular flexibility index (Phi) is 4.55. The fraction of sp³-hybridized carbons (Fsp3) is 0.643. The highest BCUT2D eigenvalue weighted by molar-refractivity contribution is 5.41. The predicted molar refractivity (Wildman–Crippen MR) is 71.8 cm³/mol. The first-order valence-corrected chi connectivity index (χ1v) is 6.68. The zero-order valence-electron chi connectivity index (χ0n) is 11.2. The summed E-state index contributed by atoms with van der Waals surface area (Å²) in [7, 11) is 0. The van der Waals surface area contributed by atoms with Crippen molar-refractivity contribution in [2.75, 3.05) is 24.6 Å². The summed E-state index contributed by atoms with van der Waals surface area (Å²) in [6, 6.07) is 3.94. The summed E-state index contributed by atoms with van der Waals surface area (Å²) in [5, 5.41) is 9.16. The van der Waals surface area contributed by atoms with E-state index >= 15 is 0 Å². The van der Waals surface area contributed by atoms with Gasteiger partial charge in [0.1, 0.15) is 5.82 Å². The molecule has 1 aliphatic heterocycles. The fourth-order valence-corrected chi connectivity index (χ4v) is 2.34. The molecule has 2 heterocycles. The zero-order chi connectivity index (χ0) is 13.0. The van der Waals surface area contributed by atoms with Gasteiger partial charge in [-0.15, -0.1) is 0 Å². The van der Waals surface area contributed by atoms with E-state index in [1.165, 1.54) is 0 Å². The van der Waals surface area contributed by atoms with Crippen molar-refractivity contribution in [2.24, 2.45) is 0 Å². The molecule has 18 heavy (non-hydrogen) atoms. The van der Waals surface area contributed by atoms with Gasteiger partial charge in [-0.1, -0.05) is 6.07 Å². The van der Waals surface area contributed by atoms with Gasteiger partial charge < -0.3 is 14.7 Å². The summed E-state index contributed by atoms with van der Waals surface area (Å²) in [5.41, 5.74) is 1.80. The Labute approximate surface area is 109 Å². The molecule has 0 spiro atoms. The number of pyridine rings is 1. The van der Waals surface area contributed by atoms with Crippen LogP contribution < -0.4 is 4.90 Å². The minimum Gasteiger partial charge on any atom is -0.392 e. The molecule has 1 aromatic rings. The number of nitrogens with zero attached hydrogens (tertiary/aromatic N) is 2. The summed E-state index contributed by atoms with van der Waals surface area (Å²) in [4.78, 5) is 6.81. The number of rotatable bonds is 5. The average molecular weight is 250 g/mol. The summed E-state index contributed by atoms with van der Waals surface area (Å²) >= 11 is 0. The van der Waals surface area contributed by atoms with Crippen molar-refractivity contribution in [1.29, 1.82) is 0 Å². The number of anilines is 1. The Morgan fingerprint density at radius 2 is 2.33 bits per heavy atom. The first-order valence-electron chi connectivity index (χ1n) is 6.68. The van der Waals surface area contributed by atoms with E-state index in [2.05, 4.69) is 16.8 Å².